The van der Waals surface area contributed by atoms with Gasteiger partial charge in [0.1, 0.15) is 6.61 Å². The van der Waals surface area contributed by atoms with Gasteiger partial charge in [0.05, 0.1) is 24.2 Å². The maximum atomic E-state index is 12.7. The van der Waals surface area contributed by atoms with Gasteiger partial charge in [0.2, 0.25) is 0 Å². The predicted molar refractivity (Wildman–Crippen MR) is 98.0 cm³/mol. The standard InChI is InChI=1S/C22H32F3NO2/c1-20-8-7-17-15(16(20)6-4-14(20)11-26)5-3-13-9-18(27)19(10-21(13,17)2)28-12-22(23,24)25/h13-19,27H,3-10,12H2,1-2H3/t13?,14-,15+,16?,17+,18+,19+,20-,21+/m1/s1. The zero-order valence-corrected chi connectivity index (χ0v) is 16.8. The fourth-order valence-corrected chi connectivity index (χ4v) is 7.84. The van der Waals surface area contributed by atoms with E-state index in [1.807, 2.05) is 0 Å². The molecule has 0 aliphatic heterocycles. The van der Waals surface area contributed by atoms with Crippen molar-refractivity contribution in [3.63, 3.8) is 0 Å². The average molecular weight is 399 g/mol. The van der Waals surface area contributed by atoms with E-state index in [-0.39, 0.29) is 16.7 Å². The number of alkyl halides is 3. The first-order valence-electron chi connectivity index (χ1n) is 10.8. The summed E-state index contributed by atoms with van der Waals surface area (Å²) in [5.41, 5.74) is 0.0178. The third-order valence-corrected chi connectivity index (χ3v) is 9.28. The Bertz CT molecular complexity index is 647. The normalized spacial score (nSPS) is 51.0. The summed E-state index contributed by atoms with van der Waals surface area (Å²) in [4.78, 5) is 0. The van der Waals surface area contributed by atoms with Crippen molar-refractivity contribution in [3.8, 4) is 6.07 Å². The molecule has 0 aromatic heterocycles. The summed E-state index contributed by atoms with van der Waals surface area (Å²) in [6, 6.07) is 2.55. The maximum Gasteiger partial charge on any atom is 0.411 e. The Hall–Kier alpha value is -0.800. The van der Waals surface area contributed by atoms with Gasteiger partial charge in [0, 0.05) is 0 Å². The van der Waals surface area contributed by atoms with Crippen molar-refractivity contribution in [3.05, 3.63) is 0 Å². The molecule has 0 saturated heterocycles. The van der Waals surface area contributed by atoms with Gasteiger partial charge in [0.25, 0.3) is 0 Å². The number of hydrogen-bond acceptors (Lipinski definition) is 3. The smallest absolute Gasteiger partial charge is 0.390 e. The lowest BCUT2D eigenvalue weighted by molar-refractivity contribution is -0.220. The number of aliphatic hydroxyl groups excluding tert-OH is 1. The van der Waals surface area contributed by atoms with Gasteiger partial charge in [-0.15, -0.1) is 0 Å². The molecule has 0 aromatic rings. The molecule has 0 aromatic carbocycles. The van der Waals surface area contributed by atoms with Crippen LogP contribution in [0.15, 0.2) is 0 Å². The molecule has 2 unspecified atom stereocenters. The van der Waals surface area contributed by atoms with Crippen LogP contribution in [0.3, 0.4) is 0 Å². The lowest BCUT2D eigenvalue weighted by atomic mass is 9.44. The largest absolute Gasteiger partial charge is 0.411 e. The Balaban J connectivity index is 1.54. The number of halogens is 3. The maximum absolute atomic E-state index is 12.7. The molecule has 4 saturated carbocycles. The van der Waals surface area contributed by atoms with Crippen molar-refractivity contribution in [2.24, 2.45) is 40.4 Å². The second-order valence-electron chi connectivity index (χ2n) is 10.4. The molecule has 9 atom stereocenters. The molecule has 0 radical (unpaired) electrons. The minimum atomic E-state index is -4.37. The summed E-state index contributed by atoms with van der Waals surface area (Å²) in [5, 5.41) is 20.1. The molecule has 0 bridgehead atoms. The Kier molecular flexibility index (Phi) is 5.03. The molecule has 1 N–H and O–H groups in total. The molecule has 4 fully saturated rings. The number of rotatable bonds is 2. The van der Waals surface area contributed by atoms with Crippen LogP contribution < -0.4 is 0 Å². The second kappa shape index (κ2) is 6.87. The Labute approximate surface area is 165 Å². The number of nitriles is 1. The molecule has 0 heterocycles. The van der Waals surface area contributed by atoms with Crippen LogP contribution in [-0.2, 0) is 4.74 Å². The van der Waals surface area contributed by atoms with Crippen LogP contribution in [0.2, 0.25) is 0 Å². The zero-order valence-electron chi connectivity index (χ0n) is 16.8. The van der Waals surface area contributed by atoms with E-state index in [0.717, 1.165) is 38.5 Å². The lowest BCUT2D eigenvalue weighted by Crippen LogP contribution is -2.57. The minimum Gasteiger partial charge on any atom is -0.390 e. The lowest BCUT2D eigenvalue weighted by Gasteiger charge is -2.61. The molecule has 158 valence electrons. The van der Waals surface area contributed by atoms with Crippen LogP contribution in [0.1, 0.15) is 65.2 Å². The van der Waals surface area contributed by atoms with E-state index < -0.39 is 25.0 Å². The highest BCUT2D eigenvalue weighted by molar-refractivity contribution is 5.13. The van der Waals surface area contributed by atoms with Crippen LogP contribution in [-0.4, -0.2) is 30.1 Å². The van der Waals surface area contributed by atoms with E-state index >= 15 is 0 Å². The van der Waals surface area contributed by atoms with E-state index in [9.17, 15) is 23.5 Å². The number of hydrogen-bond donors (Lipinski definition) is 1. The molecule has 0 amide bonds. The molecule has 4 aliphatic rings. The molecule has 6 heteroatoms. The summed E-state index contributed by atoms with van der Waals surface area (Å²) in [6.07, 6.45) is 1.49. The Morgan fingerprint density at radius 3 is 2.46 bits per heavy atom. The summed E-state index contributed by atoms with van der Waals surface area (Å²) >= 11 is 0. The SMILES string of the molecule is C[C@]12CC[C@H]3[C@@H](CCC4C[C@H](O)[C@@H](OCC(F)(F)F)C[C@@]43C)C1CC[C@@H]2C#N. The van der Waals surface area contributed by atoms with Crippen LogP contribution in [0.5, 0.6) is 0 Å². The van der Waals surface area contributed by atoms with Gasteiger partial charge in [-0.2, -0.15) is 18.4 Å². The third kappa shape index (κ3) is 3.17. The van der Waals surface area contributed by atoms with Crippen LogP contribution in [0.4, 0.5) is 13.2 Å². The van der Waals surface area contributed by atoms with Gasteiger partial charge in [-0.05, 0) is 85.9 Å². The highest BCUT2D eigenvalue weighted by Gasteiger charge is 2.61. The van der Waals surface area contributed by atoms with Gasteiger partial charge in [-0.1, -0.05) is 13.8 Å². The molecule has 28 heavy (non-hydrogen) atoms. The summed E-state index contributed by atoms with van der Waals surface area (Å²) in [5.74, 6) is 2.06. The number of ether oxygens (including phenoxy) is 1. The van der Waals surface area contributed by atoms with E-state index in [2.05, 4.69) is 19.9 Å². The van der Waals surface area contributed by atoms with Gasteiger partial charge in [-0.3, -0.25) is 0 Å². The van der Waals surface area contributed by atoms with E-state index in [0.29, 0.717) is 36.5 Å². The van der Waals surface area contributed by atoms with E-state index in [1.54, 1.807) is 0 Å². The minimum absolute atomic E-state index is 0.0789. The fraction of sp³-hybridized carbons (Fsp3) is 0.955. The summed E-state index contributed by atoms with van der Waals surface area (Å²) in [6.45, 7) is 3.25. The van der Waals surface area contributed by atoms with E-state index in [1.165, 1.54) is 0 Å². The van der Waals surface area contributed by atoms with Crippen molar-refractivity contribution in [2.75, 3.05) is 6.61 Å². The van der Waals surface area contributed by atoms with Crippen LogP contribution >= 0.6 is 0 Å². The first-order valence-corrected chi connectivity index (χ1v) is 10.8. The van der Waals surface area contributed by atoms with Crippen LogP contribution in [0, 0.1) is 51.8 Å². The summed E-state index contributed by atoms with van der Waals surface area (Å²) in [7, 11) is 0. The number of nitrogens with zero attached hydrogens (tertiary/aromatic N) is 1. The molecule has 0 spiro atoms. The van der Waals surface area contributed by atoms with Crippen molar-refractivity contribution >= 4 is 0 Å². The third-order valence-electron chi connectivity index (χ3n) is 9.28. The average Bonchev–Trinajstić information content (AvgIpc) is 2.96. The molecular formula is C22H32F3NO2. The van der Waals surface area contributed by atoms with Gasteiger partial charge >= 0.3 is 6.18 Å². The Morgan fingerprint density at radius 2 is 1.79 bits per heavy atom. The second-order valence-corrected chi connectivity index (χ2v) is 10.4. The molecule has 4 rings (SSSR count). The van der Waals surface area contributed by atoms with Crippen molar-refractivity contribution in [1.82, 2.24) is 0 Å². The van der Waals surface area contributed by atoms with Gasteiger partial charge < -0.3 is 9.84 Å². The monoisotopic (exact) mass is 399 g/mol. The number of aliphatic hydroxyl groups is 1. The highest BCUT2D eigenvalue weighted by Crippen LogP contribution is 2.67. The topological polar surface area (TPSA) is 53.2 Å². The Morgan fingerprint density at radius 1 is 1.07 bits per heavy atom. The van der Waals surface area contributed by atoms with E-state index in [4.69, 9.17) is 4.74 Å². The van der Waals surface area contributed by atoms with Crippen molar-refractivity contribution < 1.29 is 23.0 Å². The molecular weight excluding hydrogens is 367 g/mol. The van der Waals surface area contributed by atoms with Crippen LogP contribution in [0.25, 0.3) is 0 Å². The number of fused-ring (bicyclic) bond motifs is 5. The van der Waals surface area contributed by atoms with Gasteiger partial charge in [-0.25, -0.2) is 0 Å². The van der Waals surface area contributed by atoms with Gasteiger partial charge in [0.15, 0.2) is 0 Å². The van der Waals surface area contributed by atoms with Crippen molar-refractivity contribution in [2.45, 2.75) is 83.6 Å². The fourth-order valence-electron chi connectivity index (χ4n) is 7.84. The van der Waals surface area contributed by atoms with Crippen molar-refractivity contribution in [1.29, 1.82) is 5.26 Å². The zero-order chi connectivity index (χ0) is 20.3. The first-order chi connectivity index (χ1) is 13.1. The molecule has 4 aliphatic carbocycles. The first kappa shape index (κ1) is 20.5. The summed E-state index contributed by atoms with van der Waals surface area (Å²) < 4.78 is 43.2. The highest BCUT2D eigenvalue weighted by atomic mass is 19.4. The predicted octanol–water partition coefficient (Wildman–Crippen LogP) is 5.09. The quantitative estimate of drug-likeness (QED) is 0.704. The molecule has 3 nitrogen and oxygen atoms in total.